The Kier molecular flexibility index (Phi) is 5.44. The molecule has 0 bridgehead atoms. The lowest BCUT2D eigenvalue weighted by Crippen LogP contribution is -2.19. The van der Waals surface area contributed by atoms with Crippen molar-refractivity contribution in [3.63, 3.8) is 0 Å². The summed E-state index contributed by atoms with van der Waals surface area (Å²) < 4.78 is 24.9. The molecule has 0 aliphatic rings. The summed E-state index contributed by atoms with van der Waals surface area (Å²) in [4.78, 5) is 28.6. The van der Waals surface area contributed by atoms with Crippen LogP contribution in [0.2, 0.25) is 0 Å². The summed E-state index contributed by atoms with van der Waals surface area (Å²) in [5.41, 5.74) is 6.10. The molecule has 0 aliphatic heterocycles. The van der Waals surface area contributed by atoms with Gasteiger partial charge in [0.05, 0.1) is 31.2 Å². The zero-order chi connectivity index (χ0) is 21.1. The van der Waals surface area contributed by atoms with Crippen molar-refractivity contribution in [1.29, 1.82) is 0 Å². The molecular weight excluding hydrogens is 381 g/mol. The number of nitrogens with two attached hydrogens (primary N) is 1. The minimum absolute atomic E-state index is 0.0330. The maximum absolute atomic E-state index is 13.1. The van der Waals surface area contributed by atoms with Gasteiger partial charge < -0.3 is 20.5 Å². The SMILES string of the molecule is COc1cc(NC(=O)c2nc(C)n(-c3ccc(F)cc3)n2)c(C(N)=O)cc1OC. The van der Waals surface area contributed by atoms with Crippen LogP contribution < -0.4 is 20.5 Å². The molecule has 150 valence electrons. The van der Waals surface area contributed by atoms with E-state index in [0.717, 1.165) is 0 Å². The molecule has 29 heavy (non-hydrogen) atoms. The fraction of sp³-hybridized carbons (Fsp3) is 0.158. The Balaban J connectivity index is 1.94. The fourth-order valence-electron chi connectivity index (χ4n) is 2.68. The van der Waals surface area contributed by atoms with Gasteiger partial charge in [0.25, 0.3) is 11.8 Å². The topological polar surface area (TPSA) is 121 Å². The van der Waals surface area contributed by atoms with Crippen molar-refractivity contribution in [1.82, 2.24) is 14.8 Å². The van der Waals surface area contributed by atoms with E-state index in [1.807, 2.05) is 0 Å². The monoisotopic (exact) mass is 399 g/mol. The van der Waals surface area contributed by atoms with Crippen molar-refractivity contribution in [2.75, 3.05) is 19.5 Å². The van der Waals surface area contributed by atoms with Crippen LogP contribution in [0.25, 0.3) is 5.69 Å². The van der Waals surface area contributed by atoms with Gasteiger partial charge in [0.1, 0.15) is 11.6 Å². The summed E-state index contributed by atoms with van der Waals surface area (Å²) in [5.74, 6) is -0.952. The highest BCUT2D eigenvalue weighted by molar-refractivity contribution is 6.07. The summed E-state index contributed by atoms with van der Waals surface area (Å²) in [5, 5.41) is 6.72. The second-order valence-electron chi connectivity index (χ2n) is 5.94. The first-order chi connectivity index (χ1) is 13.8. The summed E-state index contributed by atoms with van der Waals surface area (Å²) in [6.07, 6.45) is 0. The average molecular weight is 399 g/mol. The molecule has 2 amide bonds. The molecule has 0 saturated carbocycles. The number of nitrogens with one attached hydrogen (secondary N) is 1. The van der Waals surface area contributed by atoms with Crippen LogP contribution in [0.1, 0.15) is 26.8 Å². The van der Waals surface area contributed by atoms with Gasteiger partial charge in [0.2, 0.25) is 5.82 Å². The molecule has 0 atom stereocenters. The molecule has 1 aromatic heterocycles. The summed E-state index contributed by atoms with van der Waals surface area (Å²) in [6, 6.07) is 8.36. The fourth-order valence-corrected chi connectivity index (χ4v) is 2.68. The molecule has 0 aliphatic carbocycles. The smallest absolute Gasteiger partial charge is 0.295 e. The van der Waals surface area contributed by atoms with Gasteiger partial charge in [-0.25, -0.2) is 14.1 Å². The van der Waals surface area contributed by atoms with Gasteiger partial charge in [-0.2, -0.15) is 0 Å². The molecule has 0 fully saturated rings. The van der Waals surface area contributed by atoms with Crippen molar-refractivity contribution in [3.8, 4) is 17.2 Å². The summed E-state index contributed by atoms with van der Waals surface area (Å²) in [7, 11) is 2.83. The number of amides is 2. The predicted molar refractivity (Wildman–Crippen MR) is 102 cm³/mol. The Morgan fingerprint density at radius 1 is 1.10 bits per heavy atom. The van der Waals surface area contributed by atoms with Crippen molar-refractivity contribution in [3.05, 3.63) is 59.4 Å². The van der Waals surface area contributed by atoms with Gasteiger partial charge in [-0.15, -0.1) is 5.10 Å². The van der Waals surface area contributed by atoms with Crippen LogP contribution >= 0.6 is 0 Å². The number of carbonyl (C=O) groups is 2. The zero-order valence-corrected chi connectivity index (χ0v) is 15.9. The predicted octanol–water partition coefficient (Wildman–Crippen LogP) is 2.08. The van der Waals surface area contributed by atoms with Crippen LogP contribution in [-0.2, 0) is 0 Å². The van der Waals surface area contributed by atoms with Gasteiger partial charge in [-0.1, -0.05) is 0 Å². The van der Waals surface area contributed by atoms with E-state index < -0.39 is 17.6 Å². The molecule has 3 rings (SSSR count). The Labute approximate surface area is 165 Å². The first kappa shape index (κ1) is 19.8. The highest BCUT2D eigenvalue weighted by Gasteiger charge is 2.20. The number of aromatic nitrogens is 3. The number of benzene rings is 2. The molecule has 3 N–H and O–H groups in total. The standard InChI is InChI=1S/C19H18FN5O4/c1-10-22-18(24-25(10)12-6-4-11(20)5-7-12)19(27)23-14-9-16(29-3)15(28-2)8-13(14)17(21)26/h4-9H,1-3H3,(H2,21,26)(H,23,27). The maximum Gasteiger partial charge on any atom is 0.295 e. The van der Waals surface area contributed by atoms with E-state index in [-0.39, 0.29) is 22.8 Å². The number of anilines is 1. The second kappa shape index (κ2) is 7.97. The highest BCUT2D eigenvalue weighted by Crippen LogP contribution is 2.33. The van der Waals surface area contributed by atoms with E-state index in [1.54, 1.807) is 6.92 Å². The second-order valence-corrected chi connectivity index (χ2v) is 5.94. The van der Waals surface area contributed by atoms with E-state index >= 15 is 0 Å². The first-order valence-electron chi connectivity index (χ1n) is 8.40. The maximum atomic E-state index is 13.1. The van der Waals surface area contributed by atoms with Gasteiger partial charge in [0.15, 0.2) is 11.5 Å². The third-order valence-corrected chi connectivity index (χ3v) is 4.08. The van der Waals surface area contributed by atoms with Crippen LogP contribution in [0.5, 0.6) is 11.5 Å². The van der Waals surface area contributed by atoms with E-state index in [0.29, 0.717) is 17.3 Å². The first-order valence-corrected chi connectivity index (χ1v) is 8.40. The van der Waals surface area contributed by atoms with Gasteiger partial charge in [0, 0.05) is 6.07 Å². The Morgan fingerprint density at radius 3 is 2.31 bits per heavy atom. The van der Waals surface area contributed by atoms with Crippen LogP contribution in [0.4, 0.5) is 10.1 Å². The summed E-state index contributed by atoms with van der Waals surface area (Å²) >= 11 is 0. The van der Waals surface area contributed by atoms with Crippen LogP contribution in [-0.4, -0.2) is 40.8 Å². The largest absolute Gasteiger partial charge is 0.493 e. The van der Waals surface area contributed by atoms with Crippen molar-refractivity contribution >= 4 is 17.5 Å². The molecular formula is C19H18FN5O4. The van der Waals surface area contributed by atoms with Crippen LogP contribution in [0.15, 0.2) is 36.4 Å². The number of hydrogen-bond donors (Lipinski definition) is 2. The number of aryl methyl sites for hydroxylation is 1. The number of halogens is 1. The molecule has 3 aromatic rings. The molecule has 9 nitrogen and oxygen atoms in total. The number of ether oxygens (including phenoxy) is 2. The number of methoxy groups -OCH3 is 2. The lowest BCUT2D eigenvalue weighted by atomic mass is 10.1. The molecule has 0 spiro atoms. The molecule has 1 heterocycles. The third kappa shape index (κ3) is 4.00. The van der Waals surface area contributed by atoms with Crippen LogP contribution in [0, 0.1) is 12.7 Å². The number of nitrogens with zero attached hydrogens (tertiary/aromatic N) is 3. The number of carbonyl (C=O) groups excluding carboxylic acids is 2. The summed E-state index contributed by atoms with van der Waals surface area (Å²) in [6.45, 7) is 1.65. The highest BCUT2D eigenvalue weighted by atomic mass is 19.1. The number of hydrogen-bond acceptors (Lipinski definition) is 6. The average Bonchev–Trinajstić information content (AvgIpc) is 3.09. The van der Waals surface area contributed by atoms with Gasteiger partial charge in [-0.3, -0.25) is 9.59 Å². The van der Waals surface area contributed by atoms with E-state index in [2.05, 4.69) is 15.4 Å². The quantitative estimate of drug-likeness (QED) is 0.655. The Bertz CT molecular complexity index is 1080. The lowest BCUT2D eigenvalue weighted by Gasteiger charge is -2.13. The molecule has 0 unspecified atom stereocenters. The van der Waals surface area contributed by atoms with E-state index in [9.17, 15) is 14.0 Å². The van der Waals surface area contributed by atoms with Crippen LogP contribution in [0.3, 0.4) is 0 Å². The minimum atomic E-state index is -0.762. The molecule has 0 radical (unpaired) electrons. The zero-order valence-electron chi connectivity index (χ0n) is 15.9. The van der Waals surface area contributed by atoms with Crippen molar-refractivity contribution in [2.45, 2.75) is 6.92 Å². The van der Waals surface area contributed by atoms with Gasteiger partial charge >= 0.3 is 0 Å². The van der Waals surface area contributed by atoms with Crippen molar-refractivity contribution in [2.24, 2.45) is 5.73 Å². The molecule has 0 saturated heterocycles. The molecule has 2 aromatic carbocycles. The van der Waals surface area contributed by atoms with Crippen molar-refractivity contribution < 1.29 is 23.5 Å². The lowest BCUT2D eigenvalue weighted by molar-refractivity contribution is 0.100. The molecule has 10 heteroatoms. The van der Waals surface area contributed by atoms with E-state index in [4.69, 9.17) is 15.2 Å². The van der Waals surface area contributed by atoms with E-state index in [1.165, 1.54) is 55.3 Å². The van der Waals surface area contributed by atoms with Gasteiger partial charge in [-0.05, 0) is 37.3 Å². The third-order valence-electron chi connectivity index (χ3n) is 4.08. The number of rotatable bonds is 6. The number of primary amides is 1. The normalized spacial score (nSPS) is 10.5. The Hall–Kier alpha value is -3.95. The minimum Gasteiger partial charge on any atom is -0.493 e. The Morgan fingerprint density at radius 2 is 1.72 bits per heavy atom.